The summed E-state index contributed by atoms with van der Waals surface area (Å²) in [5.74, 6) is 0.904. The standard InChI is InChI=1S/C17H28N2O2.ClH/c1-5-11-17(3,18)16(20)19(4)12-8-13-21-15-10-7-6-9-14(15)2;/h6-7,9-10H,5,8,11-13,18H2,1-4H3;1H. The molecule has 0 radical (unpaired) electrons. The van der Waals surface area contributed by atoms with Crippen LogP contribution in [-0.2, 0) is 4.79 Å². The molecule has 1 aromatic rings. The summed E-state index contributed by atoms with van der Waals surface area (Å²) >= 11 is 0. The van der Waals surface area contributed by atoms with E-state index in [1.54, 1.807) is 18.9 Å². The van der Waals surface area contributed by atoms with Crippen molar-refractivity contribution in [2.75, 3.05) is 20.2 Å². The molecule has 0 spiro atoms. The van der Waals surface area contributed by atoms with Gasteiger partial charge >= 0.3 is 0 Å². The van der Waals surface area contributed by atoms with E-state index in [0.29, 0.717) is 19.6 Å². The number of carbonyl (C=O) groups excluding carboxylic acids is 1. The summed E-state index contributed by atoms with van der Waals surface area (Å²) in [6, 6.07) is 7.94. The molecule has 0 bridgehead atoms. The number of aryl methyl sites for hydroxylation is 1. The predicted octanol–water partition coefficient (Wildman–Crippen LogP) is 3.16. The Labute approximate surface area is 140 Å². The van der Waals surface area contributed by atoms with Gasteiger partial charge in [0, 0.05) is 13.6 Å². The van der Waals surface area contributed by atoms with E-state index in [-0.39, 0.29) is 18.3 Å². The Morgan fingerprint density at radius 3 is 2.59 bits per heavy atom. The first-order chi connectivity index (χ1) is 9.88. The Morgan fingerprint density at radius 2 is 2.00 bits per heavy atom. The molecule has 0 heterocycles. The number of ether oxygens (including phenoxy) is 1. The van der Waals surface area contributed by atoms with Crippen molar-refractivity contribution in [1.82, 2.24) is 4.90 Å². The number of benzene rings is 1. The molecule has 1 unspecified atom stereocenters. The lowest BCUT2D eigenvalue weighted by molar-refractivity contribution is -0.135. The molecule has 126 valence electrons. The molecule has 1 rings (SSSR count). The molecule has 0 aliphatic heterocycles. The summed E-state index contributed by atoms with van der Waals surface area (Å²) in [6.45, 7) is 7.11. The van der Waals surface area contributed by atoms with Gasteiger partial charge in [0.1, 0.15) is 5.75 Å². The quantitative estimate of drug-likeness (QED) is 0.746. The van der Waals surface area contributed by atoms with E-state index in [2.05, 4.69) is 0 Å². The van der Waals surface area contributed by atoms with Gasteiger partial charge in [0.2, 0.25) is 5.91 Å². The zero-order valence-corrected chi connectivity index (χ0v) is 14.9. The Kier molecular flexibility index (Phi) is 9.14. The van der Waals surface area contributed by atoms with Crippen LogP contribution in [-0.4, -0.2) is 36.5 Å². The number of para-hydroxylation sites is 1. The van der Waals surface area contributed by atoms with Gasteiger partial charge in [-0.2, -0.15) is 0 Å². The highest BCUT2D eigenvalue weighted by Crippen LogP contribution is 2.16. The molecule has 4 nitrogen and oxygen atoms in total. The zero-order valence-electron chi connectivity index (χ0n) is 14.1. The summed E-state index contributed by atoms with van der Waals surface area (Å²) in [7, 11) is 1.80. The van der Waals surface area contributed by atoms with E-state index < -0.39 is 5.54 Å². The van der Waals surface area contributed by atoms with Crippen molar-refractivity contribution in [2.24, 2.45) is 5.73 Å². The second-order valence-electron chi connectivity index (χ2n) is 5.86. The first kappa shape index (κ1) is 20.7. The van der Waals surface area contributed by atoms with Crippen molar-refractivity contribution >= 4 is 18.3 Å². The average molecular weight is 329 g/mol. The minimum atomic E-state index is -0.764. The number of likely N-dealkylation sites (N-methyl/N-ethyl adjacent to an activating group) is 1. The van der Waals surface area contributed by atoms with Gasteiger partial charge in [0.15, 0.2) is 0 Å². The summed E-state index contributed by atoms with van der Waals surface area (Å²) in [4.78, 5) is 13.9. The normalized spacial score (nSPS) is 13.0. The Morgan fingerprint density at radius 1 is 1.36 bits per heavy atom. The Bertz CT molecular complexity index is 464. The molecule has 0 saturated carbocycles. The van der Waals surface area contributed by atoms with E-state index >= 15 is 0 Å². The van der Waals surface area contributed by atoms with Gasteiger partial charge in [-0.3, -0.25) is 4.79 Å². The number of halogens is 1. The maximum absolute atomic E-state index is 12.2. The lowest BCUT2D eigenvalue weighted by atomic mass is 9.96. The van der Waals surface area contributed by atoms with E-state index in [0.717, 1.165) is 24.2 Å². The van der Waals surface area contributed by atoms with Crippen LogP contribution < -0.4 is 10.5 Å². The molecule has 1 atom stereocenters. The third-order valence-corrected chi connectivity index (χ3v) is 3.59. The van der Waals surface area contributed by atoms with Crippen LogP contribution in [0.4, 0.5) is 0 Å². The highest BCUT2D eigenvalue weighted by molar-refractivity contribution is 5.85. The molecular formula is C17H29ClN2O2. The van der Waals surface area contributed by atoms with E-state index in [4.69, 9.17) is 10.5 Å². The monoisotopic (exact) mass is 328 g/mol. The van der Waals surface area contributed by atoms with Crippen LogP contribution in [0.15, 0.2) is 24.3 Å². The average Bonchev–Trinajstić information content (AvgIpc) is 2.44. The lowest BCUT2D eigenvalue weighted by Crippen LogP contribution is -2.52. The van der Waals surface area contributed by atoms with Crippen LogP contribution in [0.5, 0.6) is 5.75 Å². The highest BCUT2D eigenvalue weighted by Gasteiger charge is 2.29. The van der Waals surface area contributed by atoms with Gasteiger partial charge in [0.25, 0.3) is 0 Å². The zero-order chi connectivity index (χ0) is 15.9. The van der Waals surface area contributed by atoms with E-state index in [1.165, 1.54) is 0 Å². The predicted molar refractivity (Wildman–Crippen MR) is 93.7 cm³/mol. The topological polar surface area (TPSA) is 55.6 Å². The van der Waals surface area contributed by atoms with E-state index in [9.17, 15) is 4.79 Å². The first-order valence-corrected chi connectivity index (χ1v) is 7.61. The Hall–Kier alpha value is -1.26. The number of nitrogens with two attached hydrogens (primary N) is 1. The minimum absolute atomic E-state index is 0. The highest BCUT2D eigenvalue weighted by atomic mass is 35.5. The number of carbonyl (C=O) groups is 1. The molecule has 0 aliphatic rings. The third-order valence-electron chi connectivity index (χ3n) is 3.59. The smallest absolute Gasteiger partial charge is 0.242 e. The van der Waals surface area contributed by atoms with Crippen LogP contribution in [0.3, 0.4) is 0 Å². The van der Waals surface area contributed by atoms with Crippen molar-refractivity contribution < 1.29 is 9.53 Å². The molecular weight excluding hydrogens is 300 g/mol. The maximum Gasteiger partial charge on any atom is 0.242 e. The second kappa shape index (κ2) is 9.70. The molecule has 0 aromatic heterocycles. The summed E-state index contributed by atoms with van der Waals surface area (Å²) < 4.78 is 5.73. The second-order valence-corrected chi connectivity index (χ2v) is 5.86. The molecule has 0 fully saturated rings. The lowest BCUT2D eigenvalue weighted by Gasteiger charge is -2.29. The largest absolute Gasteiger partial charge is 0.493 e. The SMILES string of the molecule is CCCC(C)(N)C(=O)N(C)CCCOc1ccccc1C.Cl. The summed E-state index contributed by atoms with van der Waals surface area (Å²) in [5, 5.41) is 0. The minimum Gasteiger partial charge on any atom is -0.493 e. The number of amides is 1. The number of nitrogens with zero attached hydrogens (tertiary/aromatic N) is 1. The molecule has 22 heavy (non-hydrogen) atoms. The molecule has 1 amide bonds. The fourth-order valence-corrected chi connectivity index (χ4v) is 2.37. The van der Waals surface area contributed by atoms with Crippen LogP contribution in [0.1, 0.15) is 38.7 Å². The van der Waals surface area contributed by atoms with Gasteiger partial charge in [0.05, 0.1) is 12.1 Å². The summed E-state index contributed by atoms with van der Waals surface area (Å²) in [5.41, 5.74) is 6.43. The fourth-order valence-electron chi connectivity index (χ4n) is 2.37. The number of rotatable bonds is 8. The van der Waals surface area contributed by atoms with Crippen LogP contribution in [0.2, 0.25) is 0 Å². The van der Waals surface area contributed by atoms with Crippen LogP contribution >= 0.6 is 12.4 Å². The van der Waals surface area contributed by atoms with Crippen molar-refractivity contribution in [1.29, 1.82) is 0 Å². The van der Waals surface area contributed by atoms with Gasteiger partial charge in [-0.25, -0.2) is 0 Å². The van der Waals surface area contributed by atoms with Crippen molar-refractivity contribution in [3.63, 3.8) is 0 Å². The van der Waals surface area contributed by atoms with Crippen LogP contribution in [0, 0.1) is 6.92 Å². The van der Waals surface area contributed by atoms with Crippen molar-refractivity contribution in [2.45, 2.75) is 45.6 Å². The van der Waals surface area contributed by atoms with Gasteiger partial charge in [-0.15, -0.1) is 12.4 Å². The van der Waals surface area contributed by atoms with Crippen molar-refractivity contribution in [3.8, 4) is 5.75 Å². The molecule has 5 heteroatoms. The number of hydrogen-bond acceptors (Lipinski definition) is 3. The molecule has 2 N–H and O–H groups in total. The van der Waals surface area contributed by atoms with Gasteiger partial charge in [-0.05, 0) is 38.3 Å². The maximum atomic E-state index is 12.2. The van der Waals surface area contributed by atoms with Crippen molar-refractivity contribution in [3.05, 3.63) is 29.8 Å². The molecule has 0 aliphatic carbocycles. The number of hydrogen-bond donors (Lipinski definition) is 1. The van der Waals surface area contributed by atoms with Gasteiger partial charge < -0.3 is 15.4 Å². The first-order valence-electron chi connectivity index (χ1n) is 7.61. The Balaban J connectivity index is 0.00000441. The van der Waals surface area contributed by atoms with Crippen LogP contribution in [0.25, 0.3) is 0 Å². The third kappa shape index (κ3) is 6.24. The summed E-state index contributed by atoms with van der Waals surface area (Å²) in [6.07, 6.45) is 2.40. The molecule has 1 aromatic carbocycles. The van der Waals surface area contributed by atoms with E-state index in [1.807, 2.05) is 38.1 Å². The molecule has 0 saturated heterocycles. The fraction of sp³-hybridized carbons (Fsp3) is 0.588. The van der Waals surface area contributed by atoms with Gasteiger partial charge in [-0.1, -0.05) is 31.5 Å².